The number of thiazole rings is 1. The summed E-state index contributed by atoms with van der Waals surface area (Å²) in [5, 5.41) is 7.84. The number of rotatable bonds is 9. The third-order valence-corrected chi connectivity index (χ3v) is 6.49. The first-order chi connectivity index (χ1) is 14.7. The lowest BCUT2D eigenvalue weighted by Gasteiger charge is -2.05. The van der Waals surface area contributed by atoms with E-state index in [2.05, 4.69) is 25.6 Å². The van der Waals surface area contributed by atoms with Crippen molar-refractivity contribution >= 4 is 40.0 Å². The Labute approximate surface area is 183 Å². The van der Waals surface area contributed by atoms with Crippen molar-refractivity contribution in [2.45, 2.75) is 37.1 Å². The molecule has 6 nitrogen and oxygen atoms in total. The highest BCUT2D eigenvalue weighted by molar-refractivity contribution is 7.98. The van der Waals surface area contributed by atoms with Gasteiger partial charge in [-0.15, -0.1) is 11.3 Å². The maximum Gasteiger partial charge on any atom is 0.287 e. The third-order valence-electron chi connectivity index (χ3n) is 4.56. The number of aryl methyl sites for hydroxylation is 2. The minimum Gasteiger partial charge on any atom is -0.451 e. The highest BCUT2D eigenvalue weighted by atomic mass is 32.2. The van der Waals surface area contributed by atoms with E-state index in [0.717, 1.165) is 40.9 Å². The molecule has 0 saturated heterocycles. The van der Waals surface area contributed by atoms with E-state index in [1.807, 2.05) is 31.2 Å². The van der Waals surface area contributed by atoms with Gasteiger partial charge < -0.3 is 9.73 Å². The molecule has 0 fully saturated rings. The van der Waals surface area contributed by atoms with Gasteiger partial charge in [0.1, 0.15) is 5.58 Å². The molecule has 1 N–H and O–H groups in total. The molecule has 0 spiro atoms. The number of amides is 1. The zero-order valence-electron chi connectivity index (χ0n) is 16.6. The molecule has 0 atom stereocenters. The number of para-hydroxylation sites is 1. The summed E-state index contributed by atoms with van der Waals surface area (Å²) in [5.74, 6) is 0.753. The fourth-order valence-electron chi connectivity index (χ4n) is 3.12. The van der Waals surface area contributed by atoms with Crippen molar-refractivity contribution in [2.24, 2.45) is 0 Å². The van der Waals surface area contributed by atoms with E-state index in [9.17, 15) is 4.79 Å². The van der Waals surface area contributed by atoms with Gasteiger partial charge in [-0.25, -0.2) is 15.0 Å². The standard InChI is InChI=1S/C22H22N4O2S2/c1-15-13-29-19(26-15)9-4-5-10-23-21(27)20-17(14-30-22-24-11-6-12-25-22)16-7-2-3-8-18(16)28-20/h2-3,6-8,11-13H,4-5,9-10,14H2,1H3,(H,23,27). The predicted octanol–water partition coefficient (Wildman–Crippen LogP) is 5.03. The fraction of sp³-hybridized carbons (Fsp3) is 0.273. The summed E-state index contributed by atoms with van der Waals surface area (Å²) in [7, 11) is 0. The molecule has 3 heterocycles. The second-order valence-corrected chi connectivity index (χ2v) is 8.71. The first kappa shape index (κ1) is 20.6. The van der Waals surface area contributed by atoms with Crippen LogP contribution in [0.15, 0.2) is 57.7 Å². The molecule has 8 heteroatoms. The van der Waals surface area contributed by atoms with Crippen LogP contribution in [-0.4, -0.2) is 27.4 Å². The van der Waals surface area contributed by atoms with Gasteiger partial charge in [0.25, 0.3) is 5.91 Å². The molecular formula is C22H22N4O2S2. The van der Waals surface area contributed by atoms with Crippen molar-refractivity contribution in [3.05, 3.63) is 70.1 Å². The van der Waals surface area contributed by atoms with Gasteiger partial charge in [-0.2, -0.15) is 0 Å². The highest BCUT2D eigenvalue weighted by Gasteiger charge is 2.20. The Balaban J connectivity index is 1.38. The number of thioether (sulfide) groups is 1. The number of carbonyl (C=O) groups excluding carboxylic acids is 1. The average molecular weight is 439 g/mol. The molecule has 0 aliphatic carbocycles. The molecular weight excluding hydrogens is 416 g/mol. The maximum absolute atomic E-state index is 12.8. The van der Waals surface area contributed by atoms with Gasteiger partial charge in [0.2, 0.25) is 0 Å². The largest absolute Gasteiger partial charge is 0.451 e. The Morgan fingerprint density at radius 3 is 2.80 bits per heavy atom. The fourth-order valence-corrected chi connectivity index (χ4v) is 4.77. The van der Waals surface area contributed by atoms with Crippen LogP contribution in [0, 0.1) is 6.92 Å². The molecule has 3 aromatic heterocycles. The van der Waals surface area contributed by atoms with Crippen molar-refractivity contribution in [2.75, 3.05) is 6.54 Å². The van der Waals surface area contributed by atoms with Crippen LogP contribution < -0.4 is 5.32 Å². The quantitative estimate of drug-likeness (QED) is 0.224. The van der Waals surface area contributed by atoms with Crippen molar-refractivity contribution in [1.82, 2.24) is 20.3 Å². The zero-order valence-corrected chi connectivity index (χ0v) is 18.3. The van der Waals surface area contributed by atoms with Gasteiger partial charge in [-0.05, 0) is 38.3 Å². The number of nitrogens with zero attached hydrogens (tertiary/aromatic N) is 3. The third kappa shape index (κ3) is 5.06. The van der Waals surface area contributed by atoms with E-state index in [0.29, 0.717) is 28.8 Å². The molecule has 0 saturated carbocycles. The second kappa shape index (κ2) is 9.86. The van der Waals surface area contributed by atoms with Crippen LogP contribution in [-0.2, 0) is 12.2 Å². The lowest BCUT2D eigenvalue weighted by atomic mass is 10.1. The number of fused-ring (bicyclic) bond motifs is 1. The van der Waals surface area contributed by atoms with E-state index in [4.69, 9.17) is 4.42 Å². The SMILES string of the molecule is Cc1csc(CCCCNC(=O)c2oc3ccccc3c2CSc2ncccn2)n1. The number of hydrogen-bond acceptors (Lipinski definition) is 7. The summed E-state index contributed by atoms with van der Waals surface area (Å²) in [6.45, 7) is 2.61. The lowest BCUT2D eigenvalue weighted by molar-refractivity contribution is 0.0926. The van der Waals surface area contributed by atoms with Crippen LogP contribution >= 0.6 is 23.1 Å². The van der Waals surface area contributed by atoms with Crippen molar-refractivity contribution in [3.8, 4) is 0 Å². The molecule has 30 heavy (non-hydrogen) atoms. The normalized spacial score (nSPS) is 11.1. The molecule has 1 amide bonds. The highest BCUT2D eigenvalue weighted by Crippen LogP contribution is 2.31. The minimum atomic E-state index is -0.180. The summed E-state index contributed by atoms with van der Waals surface area (Å²) in [6.07, 6.45) is 6.25. The smallest absolute Gasteiger partial charge is 0.287 e. The second-order valence-electron chi connectivity index (χ2n) is 6.82. The van der Waals surface area contributed by atoms with Gasteiger partial charge in [-0.3, -0.25) is 4.79 Å². The molecule has 4 rings (SSSR count). The molecule has 0 radical (unpaired) electrons. The van der Waals surface area contributed by atoms with E-state index in [1.54, 1.807) is 29.8 Å². The number of unbranched alkanes of at least 4 members (excludes halogenated alkanes) is 1. The molecule has 0 unspecified atom stereocenters. The van der Waals surface area contributed by atoms with Gasteiger partial charge in [0, 0.05) is 46.7 Å². The van der Waals surface area contributed by atoms with Crippen molar-refractivity contribution < 1.29 is 9.21 Å². The number of aromatic nitrogens is 3. The summed E-state index contributed by atoms with van der Waals surface area (Å²) in [5.41, 5.74) is 2.66. The molecule has 154 valence electrons. The number of furan rings is 1. The van der Waals surface area contributed by atoms with Gasteiger partial charge in [0.05, 0.1) is 5.01 Å². The molecule has 0 aliphatic heterocycles. The lowest BCUT2D eigenvalue weighted by Crippen LogP contribution is -2.25. The molecule has 4 aromatic rings. The molecule has 0 bridgehead atoms. The van der Waals surface area contributed by atoms with Crippen LogP contribution in [0.25, 0.3) is 11.0 Å². The summed E-state index contributed by atoms with van der Waals surface area (Å²) in [6, 6.07) is 9.51. The average Bonchev–Trinajstić information content (AvgIpc) is 3.36. The van der Waals surface area contributed by atoms with E-state index in [1.165, 1.54) is 11.8 Å². The number of nitrogens with one attached hydrogen (secondary N) is 1. The predicted molar refractivity (Wildman–Crippen MR) is 120 cm³/mol. The van der Waals surface area contributed by atoms with Gasteiger partial charge in [-0.1, -0.05) is 30.0 Å². The summed E-state index contributed by atoms with van der Waals surface area (Å²) < 4.78 is 5.90. The Morgan fingerprint density at radius 2 is 2.00 bits per heavy atom. The Bertz CT molecular complexity index is 1120. The maximum atomic E-state index is 12.8. The van der Waals surface area contributed by atoms with Gasteiger partial charge in [0.15, 0.2) is 10.9 Å². The summed E-state index contributed by atoms with van der Waals surface area (Å²) in [4.78, 5) is 25.8. The van der Waals surface area contributed by atoms with Crippen molar-refractivity contribution in [3.63, 3.8) is 0 Å². The zero-order chi connectivity index (χ0) is 20.8. The van der Waals surface area contributed by atoms with Crippen LogP contribution in [0.1, 0.15) is 39.7 Å². The van der Waals surface area contributed by atoms with Crippen LogP contribution in [0.3, 0.4) is 0 Å². The van der Waals surface area contributed by atoms with Gasteiger partial charge >= 0.3 is 0 Å². The molecule has 0 aliphatic rings. The number of hydrogen-bond donors (Lipinski definition) is 1. The molecule has 1 aromatic carbocycles. The monoisotopic (exact) mass is 438 g/mol. The number of benzene rings is 1. The Kier molecular flexibility index (Phi) is 6.76. The first-order valence-corrected chi connectivity index (χ1v) is 11.7. The Morgan fingerprint density at radius 1 is 1.17 bits per heavy atom. The topological polar surface area (TPSA) is 80.9 Å². The van der Waals surface area contributed by atoms with Crippen molar-refractivity contribution in [1.29, 1.82) is 0 Å². The number of carbonyl (C=O) groups is 1. The van der Waals surface area contributed by atoms with Crippen LogP contribution in [0.5, 0.6) is 0 Å². The van der Waals surface area contributed by atoms with E-state index < -0.39 is 0 Å². The Hall–Kier alpha value is -2.71. The van der Waals surface area contributed by atoms with Crippen LogP contribution in [0.4, 0.5) is 0 Å². The first-order valence-electron chi connectivity index (χ1n) is 9.80. The van der Waals surface area contributed by atoms with Crippen LogP contribution in [0.2, 0.25) is 0 Å². The minimum absolute atomic E-state index is 0.180. The van der Waals surface area contributed by atoms with E-state index >= 15 is 0 Å². The van der Waals surface area contributed by atoms with E-state index in [-0.39, 0.29) is 5.91 Å². The summed E-state index contributed by atoms with van der Waals surface area (Å²) >= 11 is 3.18.